The summed E-state index contributed by atoms with van der Waals surface area (Å²) >= 11 is 3.43. The number of hydrogen-bond donors (Lipinski definition) is 1. The molecule has 1 N–H and O–H groups in total. The van der Waals surface area contributed by atoms with Gasteiger partial charge in [-0.3, -0.25) is 4.79 Å². The Morgan fingerprint density at radius 2 is 2.11 bits per heavy atom. The Labute approximate surface area is 171 Å². The van der Waals surface area contributed by atoms with E-state index >= 15 is 0 Å². The standard InChI is InChI=1S/C20H18BrN5O2/c1-14-19(24-25-26(14)17-8-4-6-15(21)12-17)20(27)23-16-7-5-9-18(13-16)28-11-3-2-10-22/h4-9,12-13H,2-3,11H2,1H3,(H,23,27). The van der Waals surface area contributed by atoms with Crippen LogP contribution in [0.15, 0.2) is 53.0 Å². The van der Waals surface area contributed by atoms with Crippen LogP contribution in [-0.4, -0.2) is 27.5 Å². The van der Waals surface area contributed by atoms with E-state index in [0.29, 0.717) is 36.6 Å². The lowest BCUT2D eigenvalue weighted by Gasteiger charge is -2.08. The van der Waals surface area contributed by atoms with Crippen LogP contribution in [0.25, 0.3) is 5.69 Å². The molecule has 1 heterocycles. The second-order valence-electron chi connectivity index (χ2n) is 6.01. The number of unbranched alkanes of at least 4 members (excludes halogenated alkanes) is 1. The summed E-state index contributed by atoms with van der Waals surface area (Å²) in [6.07, 6.45) is 1.11. The van der Waals surface area contributed by atoms with Crippen LogP contribution in [0.5, 0.6) is 5.75 Å². The highest BCUT2D eigenvalue weighted by atomic mass is 79.9. The number of carbonyl (C=O) groups excluding carboxylic acids is 1. The van der Waals surface area contributed by atoms with Crippen molar-refractivity contribution in [3.05, 3.63) is 64.4 Å². The van der Waals surface area contributed by atoms with Gasteiger partial charge in [-0.15, -0.1) is 5.10 Å². The normalized spacial score (nSPS) is 10.3. The number of nitriles is 1. The maximum absolute atomic E-state index is 12.6. The van der Waals surface area contributed by atoms with Crippen molar-refractivity contribution in [2.45, 2.75) is 19.8 Å². The third-order valence-corrected chi connectivity index (χ3v) is 4.45. The first-order valence-electron chi connectivity index (χ1n) is 8.68. The minimum atomic E-state index is -0.347. The molecule has 3 rings (SSSR count). The van der Waals surface area contributed by atoms with Gasteiger partial charge >= 0.3 is 0 Å². The summed E-state index contributed by atoms with van der Waals surface area (Å²) in [7, 11) is 0. The molecule has 0 aliphatic rings. The highest BCUT2D eigenvalue weighted by Crippen LogP contribution is 2.20. The lowest BCUT2D eigenvalue weighted by atomic mass is 10.2. The predicted molar refractivity (Wildman–Crippen MR) is 109 cm³/mol. The minimum Gasteiger partial charge on any atom is -0.493 e. The summed E-state index contributed by atoms with van der Waals surface area (Å²) in [4.78, 5) is 12.6. The smallest absolute Gasteiger partial charge is 0.278 e. The van der Waals surface area contributed by atoms with Crippen molar-refractivity contribution < 1.29 is 9.53 Å². The van der Waals surface area contributed by atoms with E-state index in [-0.39, 0.29) is 11.6 Å². The zero-order chi connectivity index (χ0) is 19.9. The van der Waals surface area contributed by atoms with Gasteiger partial charge < -0.3 is 10.1 Å². The Morgan fingerprint density at radius 1 is 1.29 bits per heavy atom. The summed E-state index contributed by atoms with van der Waals surface area (Å²) in [5, 5.41) is 19.5. The van der Waals surface area contributed by atoms with Crippen LogP contribution in [0, 0.1) is 18.3 Å². The average Bonchev–Trinajstić information content (AvgIpc) is 3.07. The van der Waals surface area contributed by atoms with Gasteiger partial charge in [0.25, 0.3) is 5.91 Å². The molecule has 0 aliphatic heterocycles. The summed E-state index contributed by atoms with van der Waals surface area (Å²) in [6.45, 7) is 2.25. The summed E-state index contributed by atoms with van der Waals surface area (Å²) in [6, 6.07) is 16.8. The number of nitrogens with one attached hydrogen (secondary N) is 1. The Hall–Kier alpha value is -3.18. The molecule has 0 aliphatic carbocycles. The molecule has 0 radical (unpaired) electrons. The first-order valence-corrected chi connectivity index (χ1v) is 9.47. The Bertz CT molecular complexity index is 1030. The van der Waals surface area contributed by atoms with Crippen LogP contribution in [0.4, 0.5) is 5.69 Å². The van der Waals surface area contributed by atoms with E-state index in [1.165, 1.54) is 0 Å². The number of aromatic nitrogens is 3. The largest absolute Gasteiger partial charge is 0.493 e. The van der Waals surface area contributed by atoms with Crippen LogP contribution in [0.2, 0.25) is 0 Å². The lowest BCUT2D eigenvalue weighted by molar-refractivity contribution is 0.102. The van der Waals surface area contributed by atoms with Gasteiger partial charge in [0.2, 0.25) is 0 Å². The molecule has 0 spiro atoms. The van der Waals surface area contributed by atoms with Crippen LogP contribution in [0.1, 0.15) is 29.0 Å². The van der Waals surface area contributed by atoms with Gasteiger partial charge in [0, 0.05) is 22.6 Å². The van der Waals surface area contributed by atoms with E-state index in [0.717, 1.165) is 10.2 Å². The third kappa shape index (κ3) is 4.75. The number of carbonyl (C=O) groups is 1. The minimum absolute atomic E-state index is 0.250. The topological polar surface area (TPSA) is 92.8 Å². The van der Waals surface area contributed by atoms with E-state index in [1.807, 2.05) is 24.3 Å². The van der Waals surface area contributed by atoms with Gasteiger partial charge in [0.15, 0.2) is 5.69 Å². The van der Waals surface area contributed by atoms with Crippen molar-refractivity contribution in [3.8, 4) is 17.5 Å². The second-order valence-corrected chi connectivity index (χ2v) is 6.92. The van der Waals surface area contributed by atoms with Crippen LogP contribution in [-0.2, 0) is 0 Å². The zero-order valence-electron chi connectivity index (χ0n) is 15.2. The van der Waals surface area contributed by atoms with Crippen molar-refractivity contribution in [2.75, 3.05) is 11.9 Å². The van der Waals surface area contributed by atoms with Crippen molar-refractivity contribution in [2.24, 2.45) is 0 Å². The molecular weight excluding hydrogens is 422 g/mol. The van der Waals surface area contributed by atoms with Gasteiger partial charge in [-0.1, -0.05) is 33.3 Å². The monoisotopic (exact) mass is 439 g/mol. The van der Waals surface area contributed by atoms with Gasteiger partial charge in [0.1, 0.15) is 5.75 Å². The first-order chi connectivity index (χ1) is 13.6. The number of hydrogen-bond acceptors (Lipinski definition) is 5. The molecule has 0 atom stereocenters. The van der Waals surface area contributed by atoms with E-state index in [9.17, 15) is 4.79 Å². The highest BCUT2D eigenvalue weighted by Gasteiger charge is 2.17. The Morgan fingerprint density at radius 3 is 2.89 bits per heavy atom. The molecule has 0 saturated carbocycles. The maximum Gasteiger partial charge on any atom is 0.278 e. The third-order valence-electron chi connectivity index (χ3n) is 3.96. The van der Waals surface area contributed by atoms with Gasteiger partial charge in [-0.25, -0.2) is 4.68 Å². The first kappa shape index (κ1) is 19.6. The molecule has 142 valence electrons. The number of halogens is 1. The molecule has 1 amide bonds. The molecule has 3 aromatic rings. The van der Waals surface area contributed by atoms with E-state index in [2.05, 4.69) is 37.6 Å². The Balaban J connectivity index is 1.71. The molecule has 7 nitrogen and oxygen atoms in total. The van der Waals surface area contributed by atoms with Gasteiger partial charge in [-0.2, -0.15) is 5.26 Å². The van der Waals surface area contributed by atoms with E-state index in [1.54, 1.807) is 35.9 Å². The lowest BCUT2D eigenvalue weighted by Crippen LogP contribution is -2.14. The van der Waals surface area contributed by atoms with Crippen molar-refractivity contribution >= 4 is 27.5 Å². The molecule has 0 saturated heterocycles. The average molecular weight is 440 g/mol. The van der Waals surface area contributed by atoms with E-state index in [4.69, 9.17) is 10.00 Å². The fourth-order valence-electron chi connectivity index (χ4n) is 2.59. The Kier molecular flexibility index (Phi) is 6.40. The molecule has 8 heteroatoms. The van der Waals surface area contributed by atoms with Crippen molar-refractivity contribution in [3.63, 3.8) is 0 Å². The fourth-order valence-corrected chi connectivity index (χ4v) is 2.97. The SMILES string of the molecule is Cc1c(C(=O)Nc2cccc(OCCCC#N)c2)nnn1-c1cccc(Br)c1. The molecular formula is C20H18BrN5O2. The van der Waals surface area contributed by atoms with Gasteiger partial charge in [-0.05, 0) is 43.7 Å². The predicted octanol–water partition coefficient (Wildman–Crippen LogP) is 4.27. The summed E-state index contributed by atoms with van der Waals surface area (Å²) in [5.41, 5.74) is 2.30. The van der Waals surface area contributed by atoms with Crippen LogP contribution >= 0.6 is 15.9 Å². The molecule has 2 aromatic carbocycles. The number of rotatable bonds is 7. The molecule has 1 aromatic heterocycles. The molecule has 0 fully saturated rings. The summed E-state index contributed by atoms with van der Waals surface area (Å²) < 4.78 is 8.13. The fraction of sp³-hybridized carbons (Fsp3) is 0.200. The van der Waals surface area contributed by atoms with Crippen LogP contribution in [0.3, 0.4) is 0 Å². The van der Waals surface area contributed by atoms with Crippen molar-refractivity contribution in [1.82, 2.24) is 15.0 Å². The maximum atomic E-state index is 12.6. The molecule has 0 bridgehead atoms. The zero-order valence-corrected chi connectivity index (χ0v) is 16.8. The second kappa shape index (κ2) is 9.15. The highest BCUT2D eigenvalue weighted by molar-refractivity contribution is 9.10. The van der Waals surface area contributed by atoms with Crippen molar-refractivity contribution in [1.29, 1.82) is 5.26 Å². The number of nitrogens with zero attached hydrogens (tertiary/aromatic N) is 4. The molecule has 0 unspecified atom stereocenters. The quantitative estimate of drug-likeness (QED) is 0.554. The number of ether oxygens (including phenoxy) is 1. The number of amides is 1. The molecule has 28 heavy (non-hydrogen) atoms. The number of anilines is 1. The number of benzene rings is 2. The van der Waals surface area contributed by atoms with E-state index < -0.39 is 0 Å². The van der Waals surface area contributed by atoms with Gasteiger partial charge in [0.05, 0.1) is 24.1 Å². The van der Waals surface area contributed by atoms with Crippen LogP contribution < -0.4 is 10.1 Å². The summed E-state index contributed by atoms with van der Waals surface area (Å²) in [5.74, 6) is 0.283.